The molecule has 18 heavy (non-hydrogen) atoms. The van der Waals surface area contributed by atoms with Gasteiger partial charge in [-0.25, -0.2) is 0 Å². The fourth-order valence-electron chi connectivity index (χ4n) is 2.66. The van der Waals surface area contributed by atoms with Crippen molar-refractivity contribution in [1.29, 1.82) is 0 Å². The van der Waals surface area contributed by atoms with Crippen LogP contribution in [-0.4, -0.2) is 17.9 Å². The Morgan fingerprint density at radius 2 is 2.28 bits per heavy atom. The van der Waals surface area contributed by atoms with Crippen molar-refractivity contribution < 1.29 is 4.74 Å². The molecule has 3 rings (SSSR count). The molecule has 2 atom stereocenters. The van der Waals surface area contributed by atoms with Gasteiger partial charge in [-0.1, -0.05) is 18.2 Å². The first-order valence-corrected chi connectivity index (χ1v) is 7.27. The summed E-state index contributed by atoms with van der Waals surface area (Å²) in [5, 5.41) is 0.473. The van der Waals surface area contributed by atoms with E-state index in [0.29, 0.717) is 5.25 Å². The van der Waals surface area contributed by atoms with E-state index in [2.05, 4.69) is 29.7 Å². The predicted molar refractivity (Wildman–Crippen MR) is 74.2 cm³/mol. The summed E-state index contributed by atoms with van der Waals surface area (Å²) < 4.78 is 5.43. The van der Waals surface area contributed by atoms with E-state index < -0.39 is 0 Å². The molecule has 2 heterocycles. The Balaban J connectivity index is 1.77. The van der Waals surface area contributed by atoms with Gasteiger partial charge in [-0.15, -0.1) is 11.8 Å². The van der Waals surface area contributed by atoms with Crippen LogP contribution in [0.25, 0.3) is 0 Å². The first kappa shape index (κ1) is 12.1. The van der Waals surface area contributed by atoms with Gasteiger partial charge in [-0.05, 0) is 36.5 Å². The SMILES string of the molecule is NNC(C1=COCCC1)C1Cc2ccccc2S1. The van der Waals surface area contributed by atoms with E-state index in [1.807, 2.05) is 18.0 Å². The molecule has 0 fully saturated rings. The molecule has 0 bridgehead atoms. The molecule has 0 amide bonds. The van der Waals surface area contributed by atoms with Crippen molar-refractivity contribution in [2.75, 3.05) is 6.61 Å². The molecule has 0 aliphatic carbocycles. The van der Waals surface area contributed by atoms with Gasteiger partial charge in [0, 0.05) is 10.1 Å². The maximum atomic E-state index is 5.76. The Labute approximate surface area is 112 Å². The third kappa shape index (κ3) is 2.28. The number of hydrogen-bond donors (Lipinski definition) is 2. The zero-order chi connectivity index (χ0) is 12.4. The summed E-state index contributed by atoms with van der Waals surface area (Å²) in [6.07, 6.45) is 5.15. The molecule has 2 unspecified atom stereocenters. The van der Waals surface area contributed by atoms with Crippen LogP contribution in [0.4, 0.5) is 0 Å². The van der Waals surface area contributed by atoms with E-state index in [-0.39, 0.29) is 6.04 Å². The lowest BCUT2D eigenvalue weighted by Gasteiger charge is -2.26. The van der Waals surface area contributed by atoms with Gasteiger partial charge in [0.1, 0.15) is 0 Å². The van der Waals surface area contributed by atoms with Gasteiger partial charge in [0.05, 0.1) is 18.9 Å². The second kappa shape index (κ2) is 5.34. The predicted octanol–water partition coefficient (Wildman–Crippen LogP) is 2.23. The Bertz CT molecular complexity index is 436. The van der Waals surface area contributed by atoms with Crippen LogP contribution in [0.3, 0.4) is 0 Å². The molecular formula is C14H18N2OS. The number of rotatable bonds is 3. The van der Waals surface area contributed by atoms with Crippen LogP contribution in [0.1, 0.15) is 18.4 Å². The molecule has 0 aromatic heterocycles. The van der Waals surface area contributed by atoms with Crippen LogP contribution in [0, 0.1) is 0 Å². The molecule has 1 aromatic rings. The van der Waals surface area contributed by atoms with Gasteiger partial charge in [0.2, 0.25) is 0 Å². The molecule has 0 saturated heterocycles. The van der Waals surface area contributed by atoms with Crippen molar-refractivity contribution in [2.24, 2.45) is 5.84 Å². The smallest absolute Gasteiger partial charge is 0.0876 e. The molecule has 2 aliphatic rings. The summed E-state index contributed by atoms with van der Waals surface area (Å²) >= 11 is 1.92. The van der Waals surface area contributed by atoms with Crippen LogP contribution in [-0.2, 0) is 11.2 Å². The number of nitrogens with two attached hydrogens (primary N) is 1. The van der Waals surface area contributed by atoms with Crippen molar-refractivity contribution in [2.45, 2.75) is 35.4 Å². The minimum absolute atomic E-state index is 0.211. The van der Waals surface area contributed by atoms with E-state index >= 15 is 0 Å². The minimum atomic E-state index is 0.211. The average molecular weight is 262 g/mol. The number of hydrogen-bond acceptors (Lipinski definition) is 4. The van der Waals surface area contributed by atoms with Gasteiger partial charge in [-0.2, -0.15) is 0 Å². The topological polar surface area (TPSA) is 47.3 Å². The molecule has 96 valence electrons. The van der Waals surface area contributed by atoms with Gasteiger partial charge in [0.25, 0.3) is 0 Å². The second-order valence-electron chi connectivity index (χ2n) is 4.78. The number of benzene rings is 1. The number of hydrazine groups is 1. The Hall–Kier alpha value is -0.970. The number of thioether (sulfide) groups is 1. The van der Waals surface area contributed by atoms with E-state index in [9.17, 15) is 0 Å². The zero-order valence-corrected chi connectivity index (χ0v) is 11.1. The highest BCUT2D eigenvalue weighted by Gasteiger charge is 2.31. The van der Waals surface area contributed by atoms with Crippen molar-refractivity contribution in [3.63, 3.8) is 0 Å². The van der Waals surface area contributed by atoms with Gasteiger partial charge in [-0.3, -0.25) is 11.3 Å². The van der Waals surface area contributed by atoms with Gasteiger partial charge >= 0.3 is 0 Å². The quantitative estimate of drug-likeness (QED) is 0.648. The fraction of sp³-hybridized carbons (Fsp3) is 0.429. The number of fused-ring (bicyclic) bond motifs is 1. The third-order valence-electron chi connectivity index (χ3n) is 3.59. The summed E-state index contributed by atoms with van der Waals surface area (Å²) in [6, 6.07) is 8.82. The van der Waals surface area contributed by atoms with Crippen molar-refractivity contribution in [1.82, 2.24) is 5.43 Å². The largest absolute Gasteiger partial charge is 0.501 e. The van der Waals surface area contributed by atoms with E-state index in [4.69, 9.17) is 10.6 Å². The second-order valence-corrected chi connectivity index (χ2v) is 6.06. The summed E-state index contributed by atoms with van der Waals surface area (Å²) in [7, 11) is 0. The highest BCUT2D eigenvalue weighted by atomic mass is 32.2. The number of ether oxygens (including phenoxy) is 1. The number of nitrogens with one attached hydrogen (secondary N) is 1. The Morgan fingerprint density at radius 1 is 1.39 bits per heavy atom. The van der Waals surface area contributed by atoms with Crippen molar-refractivity contribution in [3.05, 3.63) is 41.7 Å². The minimum Gasteiger partial charge on any atom is -0.501 e. The highest BCUT2D eigenvalue weighted by molar-refractivity contribution is 8.00. The molecular weight excluding hydrogens is 244 g/mol. The molecule has 4 heteroatoms. The zero-order valence-electron chi connectivity index (χ0n) is 10.3. The lowest BCUT2D eigenvalue weighted by atomic mass is 9.96. The average Bonchev–Trinajstić information content (AvgIpc) is 2.84. The van der Waals surface area contributed by atoms with Crippen molar-refractivity contribution >= 4 is 11.8 Å². The third-order valence-corrected chi connectivity index (χ3v) is 4.98. The standard InChI is InChI=1S/C14H18N2OS/c15-16-14(11-5-3-7-17-9-11)13-8-10-4-1-2-6-12(10)18-13/h1-2,4,6,9,13-14,16H,3,5,7-8,15H2. The summed E-state index contributed by atoms with van der Waals surface area (Å²) in [4.78, 5) is 1.39. The first-order valence-electron chi connectivity index (χ1n) is 6.39. The van der Waals surface area contributed by atoms with Gasteiger partial charge < -0.3 is 4.74 Å². The van der Waals surface area contributed by atoms with Crippen LogP contribution in [0.2, 0.25) is 0 Å². The Morgan fingerprint density at radius 3 is 3.00 bits per heavy atom. The first-order chi connectivity index (χ1) is 8.88. The molecule has 3 N–H and O–H groups in total. The van der Waals surface area contributed by atoms with E-state index in [1.54, 1.807) is 0 Å². The maximum Gasteiger partial charge on any atom is 0.0876 e. The molecule has 2 aliphatic heterocycles. The monoisotopic (exact) mass is 262 g/mol. The fourth-order valence-corrected chi connectivity index (χ4v) is 4.10. The molecule has 0 saturated carbocycles. The normalized spacial score (nSPS) is 24.1. The van der Waals surface area contributed by atoms with E-state index in [1.165, 1.54) is 16.0 Å². The molecule has 1 aromatic carbocycles. The summed E-state index contributed by atoms with van der Waals surface area (Å²) in [5.41, 5.74) is 5.71. The highest BCUT2D eigenvalue weighted by Crippen LogP contribution is 2.40. The molecule has 0 spiro atoms. The lowest BCUT2D eigenvalue weighted by Crippen LogP contribution is -2.44. The van der Waals surface area contributed by atoms with Crippen LogP contribution in [0.5, 0.6) is 0 Å². The van der Waals surface area contributed by atoms with Gasteiger partial charge in [0.15, 0.2) is 0 Å². The maximum absolute atomic E-state index is 5.76. The van der Waals surface area contributed by atoms with Crippen LogP contribution in [0.15, 0.2) is 41.0 Å². The molecule has 3 nitrogen and oxygen atoms in total. The van der Waals surface area contributed by atoms with Crippen LogP contribution < -0.4 is 11.3 Å². The summed E-state index contributed by atoms with van der Waals surface area (Å²) in [5.74, 6) is 5.76. The lowest BCUT2D eigenvalue weighted by molar-refractivity contribution is 0.219. The summed E-state index contributed by atoms with van der Waals surface area (Å²) in [6.45, 7) is 0.832. The molecule has 0 radical (unpaired) electrons. The van der Waals surface area contributed by atoms with E-state index in [0.717, 1.165) is 25.9 Å². The Kier molecular flexibility index (Phi) is 3.59. The van der Waals surface area contributed by atoms with Crippen molar-refractivity contribution in [3.8, 4) is 0 Å². The van der Waals surface area contributed by atoms with Crippen LogP contribution >= 0.6 is 11.8 Å².